The second kappa shape index (κ2) is 10.9. The van der Waals surface area contributed by atoms with Crippen molar-refractivity contribution in [2.45, 2.75) is 38.3 Å². The highest BCUT2D eigenvalue weighted by molar-refractivity contribution is 6.42. The van der Waals surface area contributed by atoms with E-state index in [1.54, 1.807) is 13.1 Å². The number of hydrogen-bond acceptors (Lipinski definition) is 3. The van der Waals surface area contributed by atoms with Gasteiger partial charge in [0.05, 0.1) is 22.2 Å². The van der Waals surface area contributed by atoms with Gasteiger partial charge in [0, 0.05) is 33.4 Å². The third kappa shape index (κ3) is 7.02. The van der Waals surface area contributed by atoms with E-state index < -0.39 is 0 Å². The molecule has 0 aliphatic carbocycles. The molecule has 25 heavy (non-hydrogen) atoms. The van der Waals surface area contributed by atoms with Crippen LogP contribution in [0.4, 0.5) is 0 Å². The van der Waals surface area contributed by atoms with Crippen molar-refractivity contribution in [3.8, 4) is 0 Å². The molecule has 1 atom stereocenters. The lowest BCUT2D eigenvalue weighted by atomic mass is 10.1. The van der Waals surface area contributed by atoms with Crippen molar-refractivity contribution in [1.82, 2.24) is 10.6 Å². The molecule has 1 aliphatic heterocycles. The van der Waals surface area contributed by atoms with E-state index in [9.17, 15) is 0 Å². The number of guanidine groups is 1. The van der Waals surface area contributed by atoms with Crippen LogP contribution >= 0.6 is 23.2 Å². The first kappa shape index (κ1) is 20.3. The fourth-order valence-electron chi connectivity index (χ4n) is 2.64. The van der Waals surface area contributed by atoms with Gasteiger partial charge >= 0.3 is 0 Å². The summed E-state index contributed by atoms with van der Waals surface area (Å²) in [4.78, 5) is 4.26. The zero-order valence-electron chi connectivity index (χ0n) is 14.9. The van der Waals surface area contributed by atoms with Crippen LogP contribution < -0.4 is 10.6 Å². The van der Waals surface area contributed by atoms with Gasteiger partial charge in [0.1, 0.15) is 0 Å². The molecule has 0 bridgehead atoms. The summed E-state index contributed by atoms with van der Waals surface area (Å²) < 4.78 is 11.2. The highest BCUT2D eigenvalue weighted by Gasteiger charge is 2.13. The Morgan fingerprint density at radius 2 is 2.08 bits per heavy atom. The van der Waals surface area contributed by atoms with Gasteiger partial charge in [0.2, 0.25) is 0 Å². The fraction of sp³-hybridized carbons (Fsp3) is 0.611. The summed E-state index contributed by atoms with van der Waals surface area (Å²) in [6.45, 7) is 5.23. The van der Waals surface area contributed by atoms with Crippen LogP contribution in [0.1, 0.15) is 37.8 Å². The van der Waals surface area contributed by atoms with E-state index in [1.807, 2.05) is 12.1 Å². The van der Waals surface area contributed by atoms with E-state index in [0.717, 1.165) is 57.2 Å². The molecule has 0 amide bonds. The van der Waals surface area contributed by atoms with Crippen molar-refractivity contribution in [2.24, 2.45) is 4.99 Å². The van der Waals surface area contributed by atoms with Crippen molar-refractivity contribution in [2.75, 3.05) is 33.4 Å². The third-order valence-corrected chi connectivity index (χ3v) is 4.89. The minimum absolute atomic E-state index is 0.0689. The number of benzene rings is 1. The maximum Gasteiger partial charge on any atom is 0.191 e. The molecule has 0 aromatic heterocycles. The Hall–Kier alpha value is -1.01. The number of nitrogens with one attached hydrogen (secondary N) is 2. The lowest BCUT2D eigenvalue weighted by Crippen LogP contribution is -2.39. The molecule has 2 rings (SSSR count). The van der Waals surface area contributed by atoms with Crippen LogP contribution in [0.5, 0.6) is 0 Å². The lowest BCUT2D eigenvalue weighted by Gasteiger charge is -2.22. The number of hydrogen-bond donors (Lipinski definition) is 2. The highest BCUT2D eigenvalue weighted by Crippen LogP contribution is 2.25. The van der Waals surface area contributed by atoms with Gasteiger partial charge in [-0.15, -0.1) is 0 Å². The Morgan fingerprint density at radius 3 is 2.76 bits per heavy atom. The van der Waals surface area contributed by atoms with Crippen LogP contribution in [0, 0.1) is 0 Å². The molecule has 1 aromatic rings. The zero-order valence-corrected chi connectivity index (χ0v) is 16.4. The minimum Gasteiger partial charge on any atom is -0.381 e. The van der Waals surface area contributed by atoms with Gasteiger partial charge in [-0.2, -0.15) is 0 Å². The SMILES string of the molecule is CN=C(NCCCOC1CCOCC1)NC(C)c1ccc(Cl)c(Cl)c1. The summed E-state index contributed by atoms with van der Waals surface area (Å²) in [6.07, 6.45) is 3.27. The first-order valence-electron chi connectivity index (χ1n) is 8.71. The second-order valence-corrected chi connectivity index (χ2v) is 6.89. The third-order valence-electron chi connectivity index (χ3n) is 4.16. The molecule has 1 heterocycles. The molecule has 1 unspecified atom stereocenters. The predicted molar refractivity (Wildman–Crippen MR) is 104 cm³/mol. The summed E-state index contributed by atoms with van der Waals surface area (Å²) in [6, 6.07) is 5.71. The smallest absolute Gasteiger partial charge is 0.191 e. The van der Waals surface area contributed by atoms with Crippen molar-refractivity contribution in [1.29, 1.82) is 0 Å². The van der Waals surface area contributed by atoms with E-state index in [4.69, 9.17) is 32.7 Å². The summed E-state index contributed by atoms with van der Waals surface area (Å²) >= 11 is 12.0. The standard InChI is InChI=1S/C18H27Cl2N3O2/c1-13(14-4-5-16(19)17(20)12-14)23-18(21-2)22-8-3-9-25-15-6-10-24-11-7-15/h4-5,12-13,15H,3,6-11H2,1-2H3,(H2,21,22,23). The predicted octanol–water partition coefficient (Wildman–Crippen LogP) is 3.81. The highest BCUT2D eigenvalue weighted by atomic mass is 35.5. The van der Waals surface area contributed by atoms with E-state index in [2.05, 4.69) is 22.5 Å². The molecule has 2 N–H and O–H groups in total. The molecule has 7 heteroatoms. The average molecular weight is 388 g/mol. The number of ether oxygens (including phenoxy) is 2. The van der Waals surface area contributed by atoms with Gasteiger partial charge in [-0.3, -0.25) is 4.99 Å². The summed E-state index contributed by atoms with van der Waals surface area (Å²) in [7, 11) is 1.76. The molecule has 1 fully saturated rings. The Labute approximate surface area is 160 Å². The zero-order chi connectivity index (χ0) is 18.1. The lowest BCUT2D eigenvalue weighted by molar-refractivity contribution is -0.0320. The summed E-state index contributed by atoms with van der Waals surface area (Å²) in [5.41, 5.74) is 1.06. The topological polar surface area (TPSA) is 54.9 Å². The Bertz CT molecular complexity index is 563. The fourth-order valence-corrected chi connectivity index (χ4v) is 2.94. The van der Waals surface area contributed by atoms with E-state index in [0.29, 0.717) is 16.1 Å². The molecular weight excluding hydrogens is 361 g/mol. The number of rotatable bonds is 7. The molecule has 0 spiro atoms. The van der Waals surface area contributed by atoms with Gasteiger partial charge in [0.15, 0.2) is 5.96 Å². The van der Waals surface area contributed by atoms with Gasteiger partial charge in [0.25, 0.3) is 0 Å². The van der Waals surface area contributed by atoms with Crippen LogP contribution in [-0.4, -0.2) is 45.5 Å². The second-order valence-electron chi connectivity index (χ2n) is 6.07. The van der Waals surface area contributed by atoms with Gasteiger partial charge in [-0.1, -0.05) is 29.3 Å². The average Bonchev–Trinajstić information content (AvgIpc) is 2.63. The monoisotopic (exact) mass is 387 g/mol. The first-order valence-corrected chi connectivity index (χ1v) is 9.47. The van der Waals surface area contributed by atoms with Gasteiger partial charge in [-0.05, 0) is 43.9 Å². The molecular formula is C18H27Cl2N3O2. The van der Waals surface area contributed by atoms with Crippen molar-refractivity contribution >= 4 is 29.2 Å². The normalized spacial score (nSPS) is 17.4. The van der Waals surface area contributed by atoms with E-state index in [1.165, 1.54) is 0 Å². The van der Waals surface area contributed by atoms with Crippen molar-refractivity contribution in [3.63, 3.8) is 0 Å². The molecule has 1 aliphatic rings. The Balaban J connectivity index is 1.68. The minimum atomic E-state index is 0.0689. The summed E-state index contributed by atoms with van der Waals surface area (Å²) in [5.74, 6) is 0.754. The Morgan fingerprint density at radius 1 is 1.32 bits per heavy atom. The van der Waals surface area contributed by atoms with Crippen molar-refractivity contribution < 1.29 is 9.47 Å². The maximum atomic E-state index is 6.08. The van der Waals surface area contributed by atoms with Crippen LogP contribution in [0.3, 0.4) is 0 Å². The van der Waals surface area contributed by atoms with Crippen LogP contribution in [-0.2, 0) is 9.47 Å². The van der Waals surface area contributed by atoms with Crippen molar-refractivity contribution in [3.05, 3.63) is 33.8 Å². The molecule has 5 nitrogen and oxygen atoms in total. The van der Waals surface area contributed by atoms with Crippen LogP contribution in [0.2, 0.25) is 10.0 Å². The summed E-state index contributed by atoms with van der Waals surface area (Å²) in [5, 5.41) is 7.78. The Kier molecular flexibility index (Phi) is 8.82. The molecule has 1 saturated heterocycles. The molecule has 0 saturated carbocycles. The van der Waals surface area contributed by atoms with E-state index >= 15 is 0 Å². The van der Waals surface area contributed by atoms with Crippen LogP contribution in [0.25, 0.3) is 0 Å². The van der Waals surface area contributed by atoms with E-state index in [-0.39, 0.29) is 6.04 Å². The molecule has 140 valence electrons. The van der Waals surface area contributed by atoms with Crippen LogP contribution in [0.15, 0.2) is 23.2 Å². The first-order chi connectivity index (χ1) is 12.1. The maximum absolute atomic E-state index is 6.08. The number of nitrogens with zero attached hydrogens (tertiary/aromatic N) is 1. The molecule has 0 radical (unpaired) electrons. The molecule has 1 aromatic carbocycles. The number of halogens is 2. The number of aliphatic imine (C=N–C) groups is 1. The van der Waals surface area contributed by atoms with Gasteiger partial charge in [-0.25, -0.2) is 0 Å². The quantitative estimate of drug-likeness (QED) is 0.424. The largest absolute Gasteiger partial charge is 0.381 e. The van der Waals surface area contributed by atoms with Gasteiger partial charge < -0.3 is 20.1 Å².